The molecule has 0 bridgehead atoms. The van der Waals surface area contributed by atoms with Gasteiger partial charge >= 0.3 is 12.1 Å². The van der Waals surface area contributed by atoms with Crippen LogP contribution < -0.4 is 5.32 Å². The van der Waals surface area contributed by atoms with Crippen LogP contribution in [0.5, 0.6) is 0 Å². The summed E-state index contributed by atoms with van der Waals surface area (Å²) in [4.78, 5) is 22.3. The van der Waals surface area contributed by atoms with Crippen molar-refractivity contribution in [1.29, 1.82) is 0 Å². The molecular formula is C14H19NO4. The van der Waals surface area contributed by atoms with Crippen LogP contribution in [0.15, 0.2) is 30.3 Å². The number of carbonyl (C=O) groups excluding carboxylic acids is 2. The van der Waals surface area contributed by atoms with Gasteiger partial charge in [0.25, 0.3) is 0 Å². The van der Waals surface area contributed by atoms with E-state index in [1.165, 1.54) is 6.92 Å². The second-order valence-electron chi connectivity index (χ2n) is 4.85. The van der Waals surface area contributed by atoms with Gasteiger partial charge in [0.2, 0.25) is 0 Å². The van der Waals surface area contributed by atoms with Crippen molar-refractivity contribution in [1.82, 2.24) is 5.32 Å². The van der Waals surface area contributed by atoms with Crippen LogP contribution >= 0.6 is 0 Å². The molecule has 1 rings (SSSR count). The van der Waals surface area contributed by atoms with Gasteiger partial charge in [0.1, 0.15) is 13.2 Å². The molecule has 1 amide bonds. The highest BCUT2D eigenvalue weighted by Gasteiger charge is 2.22. The van der Waals surface area contributed by atoms with Crippen LogP contribution in [-0.4, -0.2) is 24.2 Å². The molecule has 19 heavy (non-hydrogen) atoms. The van der Waals surface area contributed by atoms with Gasteiger partial charge in [-0.2, -0.15) is 0 Å². The number of alkyl carbamates (subject to hydrolysis) is 1. The van der Waals surface area contributed by atoms with Crippen molar-refractivity contribution in [3.05, 3.63) is 35.9 Å². The summed E-state index contributed by atoms with van der Waals surface area (Å²) in [6.45, 7) is 5.13. The molecule has 5 nitrogen and oxygen atoms in total. The van der Waals surface area contributed by atoms with Gasteiger partial charge in [-0.05, 0) is 19.4 Å². The standard InChI is InChI=1S/C14H19NO4/c1-11(16)19-10-14(2,3)15-13(17)18-9-12-7-5-4-6-8-12/h4-8H,9-10H2,1-3H3,(H,15,17). The molecule has 0 aromatic heterocycles. The van der Waals surface area contributed by atoms with E-state index in [0.717, 1.165) is 5.56 Å². The molecule has 0 aliphatic rings. The number of ether oxygens (including phenoxy) is 2. The third kappa shape index (κ3) is 6.45. The lowest BCUT2D eigenvalue weighted by Gasteiger charge is -2.24. The molecule has 0 atom stereocenters. The molecular weight excluding hydrogens is 246 g/mol. The van der Waals surface area contributed by atoms with E-state index in [1.807, 2.05) is 30.3 Å². The quantitative estimate of drug-likeness (QED) is 0.829. The zero-order valence-electron chi connectivity index (χ0n) is 11.4. The zero-order chi connectivity index (χ0) is 14.3. The van der Waals surface area contributed by atoms with Gasteiger partial charge in [0.15, 0.2) is 0 Å². The van der Waals surface area contributed by atoms with E-state index in [4.69, 9.17) is 9.47 Å². The van der Waals surface area contributed by atoms with E-state index in [9.17, 15) is 9.59 Å². The second kappa shape index (κ2) is 6.78. The Bertz CT molecular complexity index is 428. The number of benzene rings is 1. The lowest BCUT2D eigenvalue weighted by atomic mass is 10.1. The highest BCUT2D eigenvalue weighted by Crippen LogP contribution is 2.05. The Hall–Kier alpha value is -2.04. The first kappa shape index (κ1) is 15.0. The Morgan fingerprint density at radius 2 is 1.79 bits per heavy atom. The van der Waals surface area contributed by atoms with Gasteiger partial charge in [0.05, 0.1) is 5.54 Å². The van der Waals surface area contributed by atoms with Gasteiger partial charge in [-0.3, -0.25) is 4.79 Å². The number of hydrogen-bond donors (Lipinski definition) is 1. The van der Waals surface area contributed by atoms with Gasteiger partial charge in [0, 0.05) is 6.92 Å². The maximum Gasteiger partial charge on any atom is 0.407 e. The number of amides is 1. The fourth-order valence-corrected chi connectivity index (χ4v) is 1.35. The molecule has 104 valence electrons. The van der Waals surface area contributed by atoms with Crippen molar-refractivity contribution >= 4 is 12.1 Å². The van der Waals surface area contributed by atoms with Crippen LogP contribution in [0.2, 0.25) is 0 Å². The Morgan fingerprint density at radius 3 is 2.37 bits per heavy atom. The summed E-state index contributed by atoms with van der Waals surface area (Å²) in [6.07, 6.45) is -0.541. The summed E-state index contributed by atoms with van der Waals surface area (Å²) in [5, 5.41) is 2.64. The van der Waals surface area contributed by atoms with Crippen molar-refractivity contribution in [3.8, 4) is 0 Å². The third-order valence-electron chi connectivity index (χ3n) is 2.29. The fraction of sp³-hybridized carbons (Fsp3) is 0.429. The molecule has 0 radical (unpaired) electrons. The monoisotopic (exact) mass is 265 g/mol. The Balaban J connectivity index is 2.36. The number of rotatable bonds is 5. The Labute approximate surface area is 112 Å². The topological polar surface area (TPSA) is 64.6 Å². The van der Waals surface area contributed by atoms with Crippen LogP contribution in [0.25, 0.3) is 0 Å². The van der Waals surface area contributed by atoms with E-state index in [1.54, 1.807) is 13.8 Å². The summed E-state index contributed by atoms with van der Waals surface area (Å²) in [7, 11) is 0. The van der Waals surface area contributed by atoms with Crippen molar-refractivity contribution < 1.29 is 19.1 Å². The minimum absolute atomic E-state index is 0.1000. The van der Waals surface area contributed by atoms with Crippen molar-refractivity contribution in [3.63, 3.8) is 0 Å². The van der Waals surface area contributed by atoms with Crippen molar-refractivity contribution in [2.45, 2.75) is 32.9 Å². The summed E-state index contributed by atoms with van der Waals surface area (Å²) in [5.74, 6) is -0.382. The molecule has 0 fully saturated rings. The predicted molar refractivity (Wildman–Crippen MR) is 70.5 cm³/mol. The van der Waals surface area contributed by atoms with E-state index in [-0.39, 0.29) is 19.2 Å². The largest absolute Gasteiger partial charge is 0.463 e. The summed E-state index contributed by atoms with van der Waals surface area (Å²) < 4.78 is 9.94. The average molecular weight is 265 g/mol. The molecule has 1 aromatic carbocycles. The minimum Gasteiger partial charge on any atom is -0.463 e. The van der Waals surface area contributed by atoms with Gasteiger partial charge in [-0.1, -0.05) is 30.3 Å². The summed E-state index contributed by atoms with van der Waals surface area (Å²) in [6, 6.07) is 9.39. The zero-order valence-corrected chi connectivity index (χ0v) is 11.4. The Kier molecular flexibility index (Phi) is 5.36. The van der Waals surface area contributed by atoms with E-state index in [2.05, 4.69) is 5.32 Å². The summed E-state index contributed by atoms with van der Waals surface area (Å²) >= 11 is 0. The molecule has 0 unspecified atom stereocenters. The molecule has 1 aromatic rings. The van der Waals surface area contributed by atoms with Crippen LogP contribution in [0.4, 0.5) is 4.79 Å². The molecule has 0 saturated carbocycles. The molecule has 0 spiro atoms. The van der Waals surface area contributed by atoms with Gasteiger partial charge in [-0.15, -0.1) is 0 Å². The first-order valence-electron chi connectivity index (χ1n) is 6.01. The Morgan fingerprint density at radius 1 is 1.16 bits per heavy atom. The fourth-order valence-electron chi connectivity index (χ4n) is 1.35. The number of hydrogen-bond acceptors (Lipinski definition) is 4. The second-order valence-corrected chi connectivity index (χ2v) is 4.85. The van der Waals surface area contributed by atoms with E-state index in [0.29, 0.717) is 0 Å². The predicted octanol–water partition coefficient (Wildman–Crippen LogP) is 2.25. The number of nitrogens with one attached hydrogen (secondary N) is 1. The minimum atomic E-state index is -0.667. The van der Waals surface area contributed by atoms with Gasteiger partial charge in [-0.25, -0.2) is 4.79 Å². The van der Waals surface area contributed by atoms with Crippen molar-refractivity contribution in [2.24, 2.45) is 0 Å². The average Bonchev–Trinajstić information content (AvgIpc) is 2.35. The maximum atomic E-state index is 11.6. The van der Waals surface area contributed by atoms with Crippen molar-refractivity contribution in [2.75, 3.05) is 6.61 Å². The molecule has 0 heterocycles. The normalized spacial score (nSPS) is 10.7. The molecule has 0 saturated heterocycles. The highest BCUT2D eigenvalue weighted by molar-refractivity contribution is 5.68. The smallest absolute Gasteiger partial charge is 0.407 e. The SMILES string of the molecule is CC(=O)OCC(C)(C)NC(=O)OCc1ccccc1. The van der Waals surface area contributed by atoms with Crippen LogP contribution in [-0.2, 0) is 20.9 Å². The van der Waals surface area contributed by atoms with E-state index < -0.39 is 11.6 Å². The summed E-state index contributed by atoms with van der Waals surface area (Å²) in [5.41, 5.74) is 0.245. The highest BCUT2D eigenvalue weighted by atomic mass is 16.6. The first-order valence-corrected chi connectivity index (χ1v) is 6.01. The lowest BCUT2D eigenvalue weighted by Crippen LogP contribution is -2.47. The molecule has 1 N–H and O–H groups in total. The number of carbonyl (C=O) groups is 2. The van der Waals surface area contributed by atoms with Crippen LogP contribution in [0, 0.1) is 0 Å². The van der Waals surface area contributed by atoms with Gasteiger partial charge < -0.3 is 14.8 Å². The number of esters is 1. The maximum absolute atomic E-state index is 11.6. The molecule has 5 heteroatoms. The van der Waals surface area contributed by atoms with E-state index >= 15 is 0 Å². The van der Waals surface area contributed by atoms with Crippen LogP contribution in [0.1, 0.15) is 26.3 Å². The first-order chi connectivity index (χ1) is 8.89. The molecule has 0 aliphatic carbocycles. The van der Waals surface area contributed by atoms with Crippen LogP contribution in [0.3, 0.4) is 0 Å². The molecule has 0 aliphatic heterocycles. The lowest BCUT2D eigenvalue weighted by molar-refractivity contribution is -0.142. The third-order valence-corrected chi connectivity index (χ3v) is 2.29.